The molecule has 21 heavy (non-hydrogen) atoms. The quantitative estimate of drug-likeness (QED) is 0.746. The summed E-state index contributed by atoms with van der Waals surface area (Å²) >= 11 is 1.65. The van der Waals surface area contributed by atoms with E-state index in [1.54, 1.807) is 11.8 Å². The fourth-order valence-corrected chi connectivity index (χ4v) is 2.79. The van der Waals surface area contributed by atoms with Crippen molar-refractivity contribution >= 4 is 11.8 Å². The molecule has 0 aliphatic heterocycles. The fourth-order valence-electron chi connectivity index (χ4n) is 2.00. The smallest absolute Gasteiger partial charge is 0.251 e. The molecule has 0 saturated carbocycles. The third-order valence-corrected chi connectivity index (χ3v) is 4.00. The largest absolute Gasteiger partial charge is 0.310 e. The van der Waals surface area contributed by atoms with Crippen molar-refractivity contribution in [1.29, 1.82) is 0 Å². The predicted molar refractivity (Wildman–Crippen MR) is 86.3 cm³/mol. The molecule has 0 bridgehead atoms. The third kappa shape index (κ3) is 3.61. The standard InChI is InChI=1S/C17H14N2OS/c20-17-11-15(13-7-3-1-4-8-13)18-16(19-17)12-21-14-9-5-2-6-10-14/h1-11H,12H2,(H,18,19,20). The lowest BCUT2D eigenvalue weighted by Gasteiger charge is -2.04. The summed E-state index contributed by atoms with van der Waals surface area (Å²) in [7, 11) is 0. The summed E-state index contributed by atoms with van der Waals surface area (Å²) in [5.74, 6) is 1.33. The maximum atomic E-state index is 11.8. The first-order chi connectivity index (χ1) is 10.3. The lowest BCUT2D eigenvalue weighted by atomic mass is 10.1. The molecule has 3 aromatic rings. The summed E-state index contributed by atoms with van der Waals surface area (Å²) in [6.45, 7) is 0. The first-order valence-corrected chi connectivity index (χ1v) is 7.63. The molecule has 1 heterocycles. The van der Waals surface area contributed by atoms with Gasteiger partial charge in [0.25, 0.3) is 5.56 Å². The molecule has 104 valence electrons. The van der Waals surface area contributed by atoms with E-state index in [0.717, 1.165) is 10.5 Å². The Morgan fingerprint density at radius 3 is 2.33 bits per heavy atom. The van der Waals surface area contributed by atoms with Gasteiger partial charge in [-0.1, -0.05) is 48.5 Å². The van der Waals surface area contributed by atoms with Gasteiger partial charge in [-0.15, -0.1) is 11.8 Å². The Balaban J connectivity index is 1.83. The van der Waals surface area contributed by atoms with E-state index in [1.807, 2.05) is 60.7 Å². The van der Waals surface area contributed by atoms with Crippen LogP contribution in [0.1, 0.15) is 5.82 Å². The van der Waals surface area contributed by atoms with Crippen molar-refractivity contribution in [3.8, 4) is 11.3 Å². The highest BCUT2D eigenvalue weighted by molar-refractivity contribution is 7.98. The van der Waals surface area contributed by atoms with Gasteiger partial charge in [-0.05, 0) is 12.1 Å². The molecule has 4 heteroatoms. The molecular formula is C17H14N2OS. The van der Waals surface area contributed by atoms with Gasteiger partial charge < -0.3 is 4.98 Å². The van der Waals surface area contributed by atoms with Crippen LogP contribution in [0.15, 0.2) is 76.4 Å². The van der Waals surface area contributed by atoms with Crippen LogP contribution in [0.3, 0.4) is 0 Å². The van der Waals surface area contributed by atoms with Gasteiger partial charge in [0.05, 0.1) is 11.4 Å². The van der Waals surface area contributed by atoms with Crippen molar-refractivity contribution in [2.24, 2.45) is 0 Å². The second kappa shape index (κ2) is 6.41. The SMILES string of the molecule is O=c1cc(-c2ccccc2)nc(CSc2ccccc2)[nH]1. The van der Waals surface area contributed by atoms with Crippen LogP contribution in [-0.4, -0.2) is 9.97 Å². The summed E-state index contributed by atoms with van der Waals surface area (Å²) in [5.41, 5.74) is 1.55. The minimum absolute atomic E-state index is 0.118. The molecule has 3 nitrogen and oxygen atoms in total. The number of rotatable bonds is 4. The van der Waals surface area contributed by atoms with E-state index in [0.29, 0.717) is 17.3 Å². The van der Waals surface area contributed by atoms with Crippen LogP contribution in [-0.2, 0) is 5.75 Å². The number of aromatic amines is 1. The molecule has 0 radical (unpaired) electrons. The molecule has 0 aliphatic rings. The summed E-state index contributed by atoms with van der Waals surface area (Å²) in [4.78, 5) is 20.3. The van der Waals surface area contributed by atoms with E-state index >= 15 is 0 Å². The van der Waals surface area contributed by atoms with E-state index < -0.39 is 0 Å². The molecule has 0 atom stereocenters. The van der Waals surface area contributed by atoms with Crippen molar-refractivity contribution in [3.05, 3.63) is 82.9 Å². The minimum atomic E-state index is -0.118. The van der Waals surface area contributed by atoms with Gasteiger partial charge in [0, 0.05) is 16.5 Å². The zero-order valence-corrected chi connectivity index (χ0v) is 12.1. The van der Waals surface area contributed by atoms with Crippen LogP contribution >= 0.6 is 11.8 Å². The van der Waals surface area contributed by atoms with Crippen LogP contribution in [0.5, 0.6) is 0 Å². The second-order valence-electron chi connectivity index (χ2n) is 4.55. The van der Waals surface area contributed by atoms with Crippen molar-refractivity contribution in [1.82, 2.24) is 9.97 Å². The van der Waals surface area contributed by atoms with E-state index in [1.165, 1.54) is 6.07 Å². The van der Waals surface area contributed by atoms with Crippen LogP contribution < -0.4 is 5.56 Å². The first kappa shape index (κ1) is 13.6. The normalized spacial score (nSPS) is 10.5. The van der Waals surface area contributed by atoms with Gasteiger partial charge in [0.1, 0.15) is 5.82 Å². The number of nitrogens with one attached hydrogen (secondary N) is 1. The van der Waals surface area contributed by atoms with Gasteiger partial charge in [0.2, 0.25) is 0 Å². The van der Waals surface area contributed by atoms with E-state index in [4.69, 9.17) is 0 Å². The van der Waals surface area contributed by atoms with Crippen LogP contribution in [0, 0.1) is 0 Å². The molecular weight excluding hydrogens is 280 g/mol. The number of nitrogens with zero attached hydrogens (tertiary/aromatic N) is 1. The number of H-pyrrole nitrogens is 1. The topological polar surface area (TPSA) is 45.8 Å². The molecule has 3 rings (SSSR count). The average molecular weight is 294 g/mol. The van der Waals surface area contributed by atoms with Crippen molar-refractivity contribution < 1.29 is 0 Å². The zero-order valence-electron chi connectivity index (χ0n) is 11.3. The Hall–Kier alpha value is -2.33. The Morgan fingerprint density at radius 1 is 0.952 bits per heavy atom. The van der Waals surface area contributed by atoms with Gasteiger partial charge in [-0.25, -0.2) is 4.98 Å². The Labute approximate surface area is 127 Å². The van der Waals surface area contributed by atoms with E-state index in [-0.39, 0.29) is 5.56 Å². The third-order valence-electron chi connectivity index (χ3n) is 2.98. The summed E-state index contributed by atoms with van der Waals surface area (Å²) in [6, 6.07) is 21.3. The van der Waals surface area contributed by atoms with Crippen LogP contribution in [0.25, 0.3) is 11.3 Å². The monoisotopic (exact) mass is 294 g/mol. The van der Waals surface area contributed by atoms with Crippen LogP contribution in [0.2, 0.25) is 0 Å². The molecule has 0 unspecified atom stereocenters. The Bertz CT molecular complexity index is 770. The second-order valence-corrected chi connectivity index (χ2v) is 5.59. The number of hydrogen-bond acceptors (Lipinski definition) is 3. The number of aromatic nitrogens is 2. The fraction of sp³-hybridized carbons (Fsp3) is 0.0588. The van der Waals surface area contributed by atoms with Crippen molar-refractivity contribution in [2.75, 3.05) is 0 Å². The summed E-state index contributed by atoms with van der Waals surface area (Å²) in [5, 5.41) is 0. The number of hydrogen-bond donors (Lipinski definition) is 1. The molecule has 0 amide bonds. The van der Waals surface area contributed by atoms with Gasteiger partial charge in [-0.2, -0.15) is 0 Å². The maximum absolute atomic E-state index is 11.8. The molecule has 2 aromatic carbocycles. The average Bonchev–Trinajstić information content (AvgIpc) is 2.54. The highest BCUT2D eigenvalue weighted by atomic mass is 32.2. The summed E-state index contributed by atoms with van der Waals surface area (Å²) in [6.07, 6.45) is 0. The molecule has 0 aliphatic carbocycles. The highest BCUT2D eigenvalue weighted by Crippen LogP contribution is 2.21. The molecule has 0 spiro atoms. The molecule has 0 saturated heterocycles. The Kier molecular flexibility index (Phi) is 4.17. The van der Waals surface area contributed by atoms with Crippen molar-refractivity contribution in [3.63, 3.8) is 0 Å². The van der Waals surface area contributed by atoms with Gasteiger partial charge in [0.15, 0.2) is 0 Å². The minimum Gasteiger partial charge on any atom is -0.310 e. The number of benzene rings is 2. The number of thioether (sulfide) groups is 1. The van der Waals surface area contributed by atoms with Crippen LogP contribution in [0.4, 0.5) is 0 Å². The molecule has 0 fully saturated rings. The Morgan fingerprint density at radius 2 is 1.62 bits per heavy atom. The first-order valence-electron chi connectivity index (χ1n) is 6.65. The maximum Gasteiger partial charge on any atom is 0.251 e. The molecule has 1 aromatic heterocycles. The lowest BCUT2D eigenvalue weighted by Crippen LogP contribution is -2.10. The van der Waals surface area contributed by atoms with Crippen molar-refractivity contribution in [2.45, 2.75) is 10.6 Å². The highest BCUT2D eigenvalue weighted by Gasteiger charge is 2.04. The van der Waals surface area contributed by atoms with Gasteiger partial charge in [-0.3, -0.25) is 4.79 Å². The van der Waals surface area contributed by atoms with Gasteiger partial charge >= 0.3 is 0 Å². The predicted octanol–water partition coefficient (Wildman–Crippen LogP) is 3.73. The zero-order chi connectivity index (χ0) is 14.5. The van der Waals surface area contributed by atoms with E-state index in [2.05, 4.69) is 9.97 Å². The summed E-state index contributed by atoms with van der Waals surface area (Å²) < 4.78 is 0. The van der Waals surface area contributed by atoms with E-state index in [9.17, 15) is 4.79 Å². The lowest BCUT2D eigenvalue weighted by molar-refractivity contribution is 1.01. The molecule has 1 N–H and O–H groups in total.